The monoisotopic (exact) mass is 390 g/mol. The third-order valence-corrected chi connectivity index (χ3v) is 5.31. The van der Waals surface area contributed by atoms with Crippen LogP contribution in [0.2, 0.25) is 0 Å². The highest BCUT2D eigenvalue weighted by Gasteiger charge is 2.19. The lowest BCUT2D eigenvalue weighted by Crippen LogP contribution is -2.29. The van der Waals surface area contributed by atoms with E-state index >= 15 is 0 Å². The van der Waals surface area contributed by atoms with Crippen LogP contribution >= 0.6 is 0 Å². The predicted octanol–water partition coefficient (Wildman–Crippen LogP) is 2.30. The van der Waals surface area contributed by atoms with Gasteiger partial charge in [-0.2, -0.15) is 0 Å². The summed E-state index contributed by atoms with van der Waals surface area (Å²) in [5.74, 6) is 0.624. The molecule has 2 rings (SSSR count). The molecule has 146 valence electrons. The van der Waals surface area contributed by atoms with Crippen LogP contribution in [0.4, 0.5) is 0 Å². The molecule has 27 heavy (non-hydrogen) atoms. The molecule has 0 aliphatic heterocycles. The molecule has 6 nitrogen and oxygen atoms in total. The Hall–Kier alpha value is -2.38. The number of ether oxygens (including phenoxy) is 1. The summed E-state index contributed by atoms with van der Waals surface area (Å²) in [5.41, 5.74) is 1.56. The zero-order chi connectivity index (χ0) is 19.9. The van der Waals surface area contributed by atoms with Crippen LogP contribution in [0.25, 0.3) is 0 Å². The van der Waals surface area contributed by atoms with Gasteiger partial charge in [-0.25, -0.2) is 8.42 Å². The third-order valence-electron chi connectivity index (χ3n) is 4.20. The molecule has 2 N–H and O–H groups in total. The molecule has 0 aliphatic rings. The quantitative estimate of drug-likeness (QED) is 0.642. The fourth-order valence-electron chi connectivity index (χ4n) is 2.74. The van der Waals surface area contributed by atoms with Crippen LogP contribution in [-0.4, -0.2) is 41.3 Å². The molecule has 0 aliphatic carbocycles. The Bertz CT molecular complexity index is 864. The average Bonchev–Trinajstić information content (AvgIpc) is 2.66. The van der Waals surface area contributed by atoms with Gasteiger partial charge in [0.15, 0.2) is 9.84 Å². The number of amides is 1. The zero-order valence-electron chi connectivity index (χ0n) is 15.9. The molecule has 1 atom stereocenters. The summed E-state index contributed by atoms with van der Waals surface area (Å²) in [5, 5.41) is 6.04. The van der Waals surface area contributed by atoms with E-state index in [-0.39, 0.29) is 10.8 Å². The second kappa shape index (κ2) is 9.53. The van der Waals surface area contributed by atoms with Crippen molar-refractivity contribution in [2.45, 2.75) is 23.8 Å². The molecule has 0 heterocycles. The molecular weight excluding hydrogens is 364 g/mol. The number of benzene rings is 2. The second-order valence-electron chi connectivity index (χ2n) is 6.33. The van der Waals surface area contributed by atoms with E-state index in [1.54, 1.807) is 25.3 Å². The lowest BCUT2D eigenvalue weighted by Gasteiger charge is -2.21. The maximum atomic E-state index is 12.4. The second-order valence-corrected chi connectivity index (χ2v) is 8.34. The number of sulfone groups is 1. The first kappa shape index (κ1) is 20.9. The molecule has 7 heteroatoms. The normalized spacial score (nSPS) is 12.4. The molecule has 2 aromatic carbocycles. The number of hydrogen-bond acceptors (Lipinski definition) is 5. The lowest BCUT2D eigenvalue weighted by molar-refractivity contribution is -0.121. The van der Waals surface area contributed by atoms with E-state index in [1.807, 2.05) is 37.4 Å². The van der Waals surface area contributed by atoms with Gasteiger partial charge in [-0.1, -0.05) is 24.3 Å². The Kier molecular flexibility index (Phi) is 7.38. The van der Waals surface area contributed by atoms with Crippen LogP contribution in [0.5, 0.6) is 5.75 Å². The van der Waals surface area contributed by atoms with Crippen molar-refractivity contribution in [3.05, 3.63) is 59.7 Å². The first-order valence-electron chi connectivity index (χ1n) is 8.73. The number of methoxy groups -OCH3 is 1. The van der Waals surface area contributed by atoms with Gasteiger partial charge in [-0.3, -0.25) is 4.79 Å². The molecule has 2 aromatic rings. The molecule has 0 radical (unpaired) electrons. The highest BCUT2D eigenvalue weighted by Crippen LogP contribution is 2.26. The van der Waals surface area contributed by atoms with E-state index in [1.165, 1.54) is 6.26 Å². The Morgan fingerprint density at radius 2 is 1.81 bits per heavy atom. The summed E-state index contributed by atoms with van der Waals surface area (Å²) >= 11 is 0. The molecule has 0 bridgehead atoms. The number of nitrogens with one attached hydrogen (secondary N) is 2. The van der Waals surface area contributed by atoms with Gasteiger partial charge >= 0.3 is 0 Å². The van der Waals surface area contributed by atoms with Crippen molar-refractivity contribution >= 4 is 15.7 Å². The van der Waals surface area contributed by atoms with E-state index in [4.69, 9.17) is 4.74 Å². The van der Waals surface area contributed by atoms with Crippen molar-refractivity contribution < 1.29 is 17.9 Å². The van der Waals surface area contributed by atoms with Gasteiger partial charge in [0, 0.05) is 12.7 Å². The minimum Gasteiger partial charge on any atom is -0.497 e. The fraction of sp³-hybridized carbons (Fsp3) is 0.350. The van der Waals surface area contributed by atoms with Crippen LogP contribution in [0.1, 0.15) is 30.0 Å². The van der Waals surface area contributed by atoms with Crippen molar-refractivity contribution in [1.29, 1.82) is 0 Å². The standard InChI is InChI=1S/C20H26N2O4S/c1-21-13-5-8-19(23)22-20(15-9-11-17(26-2)12-10-15)16-6-4-7-18(14-16)27(3,24)25/h4,6-7,9-12,14,20-21H,5,8,13H2,1-3H3,(H,22,23). The van der Waals surface area contributed by atoms with Crippen molar-refractivity contribution in [2.75, 3.05) is 27.0 Å². The SMILES string of the molecule is CNCCCC(=O)NC(c1ccc(OC)cc1)c1cccc(S(C)(=O)=O)c1. The maximum Gasteiger partial charge on any atom is 0.220 e. The number of carbonyl (C=O) groups excluding carboxylic acids is 1. The van der Waals surface area contributed by atoms with Crippen molar-refractivity contribution in [2.24, 2.45) is 0 Å². The first-order chi connectivity index (χ1) is 12.8. The van der Waals surface area contributed by atoms with Gasteiger partial charge in [0.1, 0.15) is 5.75 Å². The smallest absolute Gasteiger partial charge is 0.220 e. The molecule has 0 saturated heterocycles. The average molecular weight is 391 g/mol. The number of rotatable bonds is 9. The lowest BCUT2D eigenvalue weighted by atomic mass is 9.98. The van der Waals surface area contributed by atoms with Gasteiger partial charge in [0.05, 0.1) is 18.0 Å². The Morgan fingerprint density at radius 3 is 2.41 bits per heavy atom. The fourth-order valence-corrected chi connectivity index (χ4v) is 3.42. The Labute approximate surface area is 160 Å². The largest absolute Gasteiger partial charge is 0.497 e. The summed E-state index contributed by atoms with van der Waals surface area (Å²) < 4.78 is 29.0. The zero-order valence-corrected chi connectivity index (χ0v) is 16.7. The van der Waals surface area contributed by atoms with Crippen molar-refractivity contribution in [3.8, 4) is 5.75 Å². The number of hydrogen-bond donors (Lipinski definition) is 2. The highest BCUT2D eigenvalue weighted by atomic mass is 32.2. The Morgan fingerprint density at radius 1 is 1.11 bits per heavy atom. The van der Waals surface area contributed by atoms with Crippen LogP contribution < -0.4 is 15.4 Å². The van der Waals surface area contributed by atoms with Gasteiger partial charge in [-0.05, 0) is 55.4 Å². The van der Waals surface area contributed by atoms with E-state index in [0.717, 1.165) is 18.5 Å². The van der Waals surface area contributed by atoms with E-state index in [2.05, 4.69) is 10.6 Å². The predicted molar refractivity (Wildman–Crippen MR) is 106 cm³/mol. The highest BCUT2D eigenvalue weighted by molar-refractivity contribution is 7.90. The van der Waals surface area contributed by atoms with Crippen LogP contribution in [0.15, 0.2) is 53.4 Å². The van der Waals surface area contributed by atoms with Crippen molar-refractivity contribution in [1.82, 2.24) is 10.6 Å². The van der Waals surface area contributed by atoms with Gasteiger partial charge < -0.3 is 15.4 Å². The van der Waals surface area contributed by atoms with Crippen molar-refractivity contribution in [3.63, 3.8) is 0 Å². The molecule has 0 saturated carbocycles. The van der Waals surface area contributed by atoms with Crippen LogP contribution in [0.3, 0.4) is 0 Å². The van der Waals surface area contributed by atoms with Gasteiger partial charge in [0.25, 0.3) is 0 Å². The molecule has 1 amide bonds. The molecule has 0 fully saturated rings. The minimum atomic E-state index is -3.34. The molecule has 1 unspecified atom stereocenters. The summed E-state index contributed by atoms with van der Waals surface area (Å²) in [7, 11) is 0.0922. The van der Waals surface area contributed by atoms with Gasteiger partial charge in [-0.15, -0.1) is 0 Å². The Balaban J connectivity index is 2.35. The van der Waals surface area contributed by atoms with E-state index < -0.39 is 15.9 Å². The van der Waals surface area contributed by atoms with Crippen LogP contribution in [-0.2, 0) is 14.6 Å². The minimum absolute atomic E-state index is 0.0872. The number of carbonyl (C=O) groups is 1. The van der Waals surface area contributed by atoms with E-state index in [0.29, 0.717) is 17.7 Å². The summed E-state index contributed by atoms with van der Waals surface area (Å²) in [4.78, 5) is 12.6. The maximum absolute atomic E-state index is 12.4. The molecular formula is C20H26N2O4S. The third kappa shape index (κ3) is 6.08. The summed E-state index contributed by atoms with van der Waals surface area (Å²) in [6.45, 7) is 0.754. The van der Waals surface area contributed by atoms with E-state index in [9.17, 15) is 13.2 Å². The topological polar surface area (TPSA) is 84.5 Å². The molecule has 0 aromatic heterocycles. The summed E-state index contributed by atoms with van der Waals surface area (Å²) in [6.07, 6.45) is 2.28. The van der Waals surface area contributed by atoms with Crippen LogP contribution in [0, 0.1) is 0 Å². The van der Waals surface area contributed by atoms with Gasteiger partial charge in [0.2, 0.25) is 5.91 Å². The molecule has 0 spiro atoms. The first-order valence-corrected chi connectivity index (χ1v) is 10.6. The summed E-state index contributed by atoms with van der Waals surface area (Å²) in [6, 6.07) is 13.6.